The number of rotatable bonds is 6. The zero-order chi connectivity index (χ0) is 19.4. The molecule has 0 aliphatic heterocycles. The van der Waals surface area contributed by atoms with E-state index < -0.39 is 17.3 Å². The standard InChI is InChI=1S/C19H26F3NO3/c1-4-25-16-9-8-14(11-15(16)19(20,21)22)23-17(24)18(26-5-2)10-6-7-13(3)12-18/h8-9,11,13H,4-7,10,12H2,1-3H3,(H,23,24). The number of carbonyl (C=O) groups is 1. The summed E-state index contributed by atoms with van der Waals surface area (Å²) in [6, 6.07) is 3.57. The molecular weight excluding hydrogens is 347 g/mol. The van der Waals surface area contributed by atoms with Crippen LogP contribution in [-0.2, 0) is 15.7 Å². The fourth-order valence-electron chi connectivity index (χ4n) is 3.54. The molecule has 2 atom stereocenters. The van der Waals surface area contributed by atoms with E-state index in [0.717, 1.165) is 18.9 Å². The number of halogens is 3. The number of hydrogen-bond donors (Lipinski definition) is 1. The molecule has 0 bridgehead atoms. The summed E-state index contributed by atoms with van der Waals surface area (Å²) in [5.74, 6) is -0.306. The molecule has 0 aromatic heterocycles. The van der Waals surface area contributed by atoms with E-state index in [0.29, 0.717) is 25.4 Å². The summed E-state index contributed by atoms with van der Waals surface area (Å²) in [5, 5.41) is 2.62. The Labute approximate surface area is 152 Å². The number of hydrogen-bond acceptors (Lipinski definition) is 3. The molecule has 1 fully saturated rings. The second-order valence-corrected chi connectivity index (χ2v) is 6.72. The molecule has 146 valence electrons. The highest BCUT2D eigenvalue weighted by atomic mass is 19.4. The van der Waals surface area contributed by atoms with Crippen LogP contribution in [-0.4, -0.2) is 24.7 Å². The molecule has 0 spiro atoms. The topological polar surface area (TPSA) is 47.6 Å². The van der Waals surface area contributed by atoms with Crippen LogP contribution in [0.1, 0.15) is 52.0 Å². The van der Waals surface area contributed by atoms with Crippen LogP contribution in [0.2, 0.25) is 0 Å². The Morgan fingerprint density at radius 2 is 2.04 bits per heavy atom. The first-order valence-corrected chi connectivity index (χ1v) is 9.01. The summed E-state index contributed by atoms with van der Waals surface area (Å²) < 4.78 is 50.7. The SMILES string of the molecule is CCOc1ccc(NC(=O)C2(OCC)CCCC(C)C2)cc1C(F)(F)F. The third-order valence-electron chi connectivity index (χ3n) is 4.63. The first-order valence-electron chi connectivity index (χ1n) is 9.01. The van der Waals surface area contributed by atoms with Crippen molar-refractivity contribution in [3.05, 3.63) is 23.8 Å². The molecule has 26 heavy (non-hydrogen) atoms. The molecule has 1 saturated carbocycles. The van der Waals surface area contributed by atoms with Gasteiger partial charge in [0.15, 0.2) is 0 Å². The van der Waals surface area contributed by atoms with Gasteiger partial charge in [-0.2, -0.15) is 13.2 Å². The average Bonchev–Trinajstić information content (AvgIpc) is 2.55. The summed E-state index contributed by atoms with van der Waals surface area (Å²) in [6.07, 6.45) is -1.56. The van der Waals surface area contributed by atoms with Gasteiger partial charge in [0.25, 0.3) is 5.91 Å². The second kappa shape index (κ2) is 8.29. The van der Waals surface area contributed by atoms with Crippen LogP contribution < -0.4 is 10.1 Å². The highest BCUT2D eigenvalue weighted by Gasteiger charge is 2.43. The molecule has 4 nitrogen and oxygen atoms in total. The summed E-state index contributed by atoms with van der Waals surface area (Å²) in [7, 11) is 0. The van der Waals surface area contributed by atoms with Crippen molar-refractivity contribution in [2.75, 3.05) is 18.5 Å². The summed E-state index contributed by atoms with van der Waals surface area (Å²) in [6.45, 7) is 5.98. The second-order valence-electron chi connectivity index (χ2n) is 6.72. The van der Waals surface area contributed by atoms with Gasteiger partial charge in [-0.05, 0) is 57.2 Å². The Kier molecular flexibility index (Phi) is 6.55. The lowest BCUT2D eigenvalue weighted by Crippen LogP contribution is -2.48. The maximum atomic E-state index is 13.3. The minimum Gasteiger partial charge on any atom is -0.493 e. The predicted octanol–water partition coefficient (Wildman–Crippen LogP) is 5.03. The predicted molar refractivity (Wildman–Crippen MR) is 93.2 cm³/mol. The number of amides is 1. The normalized spacial score (nSPS) is 23.5. The molecule has 0 radical (unpaired) electrons. The molecular formula is C19H26F3NO3. The van der Waals surface area contributed by atoms with Gasteiger partial charge in [0, 0.05) is 12.3 Å². The number of anilines is 1. The lowest BCUT2D eigenvalue weighted by Gasteiger charge is -2.38. The fourth-order valence-corrected chi connectivity index (χ4v) is 3.54. The largest absolute Gasteiger partial charge is 0.493 e. The van der Waals surface area contributed by atoms with Crippen molar-refractivity contribution in [1.82, 2.24) is 0 Å². The zero-order valence-electron chi connectivity index (χ0n) is 15.4. The van der Waals surface area contributed by atoms with Crippen molar-refractivity contribution in [1.29, 1.82) is 0 Å². The van der Waals surface area contributed by atoms with E-state index in [9.17, 15) is 18.0 Å². The van der Waals surface area contributed by atoms with Crippen molar-refractivity contribution < 1.29 is 27.4 Å². The number of alkyl halides is 3. The molecule has 2 rings (SSSR count). The van der Waals surface area contributed by atoms with Gasteiger partial charge in [-0.25, -0.2) is 0 Å². The van der Waals surface area contributed by atoms with Crippen LogP contribution in [0.5, 0.6) is 5.75 Å². The zero-order valence-corrected chi connectivity index (χ0v) is 15.4. The van der Waals surface area contributed by atoms with Gasteiger partial charge >= 0.3 is 6.18 Å². The number of carbonyl (C=O) groups excluding carboxylic acids is 1. The Bertz CT molecular complexity index is 629. The van der Waals surface area contributed by atoms with Crippen molar-refractivity contribution in [2.24, 2.45) is 5.92 Å². The Balaban J connectivity index is 2.27. The van der Waals surface area contributed by atoms with Crippen LogP contribution in [0.25, 0.3) is 0 Å². The van der Waals surface area contributed by atoms with E-state index in [4.69, 9.17) is 9.47 Å². The van der Waals surface area contributed by atoms with Gasteiger partial charge < -0.3 is 14.8 Å². The third kappa shape index (κ3) is 4.69. The Morgan fingerprint density at radius 3 is 2.62 bits per heavy atom. The molecule has 2 unspecified atom stereocenters. The van der Waals surface area contributed by atoms with E-state index in [1.54, 1.807) is 6.92 Å². The molecule has 1 aliphatic carbocycles. The average molecular weight is 373 g/mol. The fraction of sp³-hybridized carbons (Fsp3) is 0.632. The van der Waals surface area contributed by atoms with Gasteiger partial charge in [0.1, 0.15) is 11.4 Å². The highest BCUT2D eigenvalue weighted by molar-refractivity contribution is 5.97. The van der Waals surface area contributed by atoms with Gasteiger partial charge in [0.2, 0.25) is 0 Å². The number of ether oxygens (including phenoxy) is 2. The summed E-state index contributed by atoms with van der Waals surface area (Å²) in [5.41, 5.74) is -1.80. The molecule has 1 amide bonds. The maximum Gasteiger partial charge on any atom is 0.420 e. The first kappa shape index (κ1) is 20.6. The summed E-state index contributed by atoms with van der Waals surface area (Å²) in [4.78, 5) is 12.8. The molecule has 1 aromatic rings. The third-order valence-corrected chi connectivity index (χ3v) is 4.63. The van der Waals surface area contributed by atoms with Crippen LogP contribution in [0, 0.1) is 5.92 Å². The van der Waals surface area contributed by atoms with Crippen LogP contribution >= 0.6 is 0 Å². The van der Waals surface area contributed by atoms with Crippen LogP contribution in [0.3, 0.4) is 0 Å². The monoisotopic (exact) mass is 373 g/mol. The quantitative estimate of drug-likeness (QED) is 0.761. The van der Waals surface area contributed by atoms with E-state index in [-0.39, 0.29) is 24.0 Å². The lowest BCUT2D eigenvalue weighted by molar-refractivity contribution is -0.148. The van der Waals surface area contributed by atoms with E-state index in [1.807, 2.05) is 6.92 Å². The molecule has 0 heterocycles. The van der Waals surface area contributed by atoms with Crippen LogP contribution in [0.15, 0.2) is 18.2 Å². The van der Waals surface area contributed by atoms with Gasteiger partial charge in [-0.3, -0.25) is 4.79 Å². The molecule has 7 heteroatoms. The molecule has 1 aromatic carbocycles. The van der Waals surface area contributed by atoms with Crippen molar-refractivity contribution in [2.45, 2.75) is 58.2 Å². The van der Waals surface area contributed by atoms with Gasteiger partial charge in [-0.1, -0.05) is 13.3 Å². The summed E-state index contributed by atoms with van der Waals surface area (Å²) >= 11 is 0. The first-order chi connectivity index (χ1) is 12.2. The number of nitrogens with one attached hydrogen (secondary N) is 1. The van der Waals surface area contributed by atoms with Crippen molar-refractivity contribution in [3.8, 4) is 5.75 Å². The van der Waals surface area contributed by atoms with Gasteiger partial charge in [0.05, 0.1) is 12.2 Å². The van der Waals surface area contributed by atoms with Gasteiger partial charge in [-0.15, -0.1) is 0 Å². The Hall–Kier alpha value is -1.76. The lowest BCUT2D eigenvalue weighted by atomic mass is 9.78. The van der Waals surface area contributed by atoms with Crippen molar-refractivity contribution >= 4 is 11.6 Å². The molecule has 0 saturated heterocycles. The van der Waals surface area contributed by atoms with E-state index in [1.165, 1.54) is 12.1 Å². The highest BCUT2D eigenvalue weighted by Crippen LogP contribution is 2.39. The van der Waals surface area contributed by atoms with E-state index in [2.05, 4.69) is 12.2 Å². The van der Waals surface area contributed by atoms with Crippen LogP contribution in [0.4, 0.5) is 18.9 Å². The Morgan fingerprint density at radius 1 is 1.31 bits per heavy atom. The maximum absolute atomic E-state index is 13.3. The minimum atomic E-state index is -4.57. The minimum absolute atomic E-state index is 0.0862. The van der Waals surface area contributed by atoms with E-state index >= 15 is 0 Å². The molecule has 1 aliphatic rings. The number of benzene rings is 1. The molecule has 1 N–H and O–H groups in total. The van der Waals surface area contributed by atoms with Crippen molar-refractivity contribution in [3.63, 3.8) is 0 Å². The smallest absolute Gasteiger partial charge is 0.420 e.